The van der Waals surface area contributed by atoms with Crippen molar-refractivity contribution < 1.29 is 4.73 Å². The van der Waals surface area contributed by atoms with Crippen LogP contribution < -0.4 is 4.73 Å². The molecule has 0 aromatic carbocycles. The molecule has 0 amide bonds. The summed E-state index contributed by atoms with van der Waals surface area (Å²) >= 11 is 5.27. The molecular weight excluding hydrogens is 297 g/mol. The van der Waals surface area contributed by atoms with Gasteiger partial charge >= 0.3 is 0 Å². The third kappa shape index (κ3) is 2.09. The lowest BCUT2D eigenvalue weighted by Gasteiger charge is -1.94. The van der Waals surface area contributed by atoms with Crippen LogP contribution in [-0.4, -0.2) is 0 Å². The number of aromatic nitrogens is 1. The van der Waals surface area contributed by atoms with Gasteiger partial charge in [0, 0.05) is 0 Å². The van der Waals surface area contributed by atoms with Crippen molar-refractivity contribution in [1.82, 2.24) is 0 Å². The summed E-state index contributed by atoms with van der Waals surface area (Å²) in [5.41, 5.74) is 0. The van der Waals surface area contributed by atoms with E-state index in [0.717, 1.165) is 12.8 Å². The van der Waals surface area contributed by atoms with Gasteiger partial charge in [-0.15, -0.1) is 0 Å². The quantitative estimate of drug-likeness (QED) is 0.407. The Morgan fingerprint density at radius 1 is 1.56 bits per heavy atom. The van der Waals surface area contributed by atoms with E-state index in [-0.39, 0.29) is 0 Å². The molecule has 0 aliphatic rings. The van der Waals surface area contributed by atoms with Gasteiger partial charge in [0.15, 0.2) is 12.4 Å². The highest BCUT2D eigenvalue weighted by molar-refractivity contribution is 14.1. The molecule has 9 heavy (non-hydrogen) atoms. The first-order valence-electron chi connectivity index (χ1n) is 2.23. The van der Waals surface area contributed by atoms with Crippen molar-refractivity contribution >= 4 is 38.5 Å². The number of nitrogens with zero attached hydrogens (tertiary/aromatic N) is 1. The van der Waals surface area contributed by atoms with Crippen molar-refractivity contribution in [3.8, 4) is 0 Å². The van der Waals surface area contributed by atoms with Crippen LogP contribution in [-0.2, 0) is 0 Å². The molecule has 48 valence electrons. The Morgan fingerprint density at radius 3 is 2.67 bits per heavy atom. The van der Waals surface area contributed by atoms with Crippen LogP contribution in [0.15, 0.2) is 22.9 Å². The van der Waals surface area contributed by atoms with Gasteiger partial charge in [-0.2, -0.15) is 4.73 Å². The van der Waals surface area contributed by atoms with E-state index < -0.39 is 0 Å². The third-order valence-corrected chi connectivity index (χ3v) is 1.80. The monoisotopic (exact) mass is 299 g/mol. The number of hydrogen-bond acceptors (Lipinski definition) is 1. The summed E-state index contributed by atoms with van der Waals surface area (Å²) in [7, 11) is 0. The summed E-state index contributed by atoms with van der Waals surface area (Å²) in [4.78, 5) is 0. The Bertz CT molecular complexity index is 178. The minimum atomic E-state index is 0.770. The predicted octanol–water partition coefficient (Wildman–Crippen LogP) is 1.69. The average molecular weight is 300 g/mol. The molecule has 2 nitrogen and oxygen atoms in total. The van der Waals surface area contributed by atoms with Crippen LogP contribution in [0.25, 0.3) is 0 Å². The largest absolute Gasteiger partial charge is 0.619 e. The number of rotatable bonds is 0. The fraction of sp³-hybridized carbons (Fsp3) is 0. The fourth-order valence-corrected chi connectivity index (χ4v) is 1.97. The van der Waals surface area contributed by atoms with Crippen LogP contribution in [0.5, 0.6) is 0 Å². The van der Waals surface area contributed by atoms with E-state index in [1.807, 2.05) is 6.07 Å². The van der Waals surface area contributed by atoms with Gasteiger partial charge in [-0.25, -0.2) is 0 Å². The van der Waals surface area contributed by atoms with E-state index in [1.165, 1.54) is 12.4 Å². The first kappa shape index (κ1) is 7.27. The van der Waals surface area contributed by atoms with Crippen LogP contribution in [0.3, 0.4) is 0 Å². The lowest BCUT2D eigenvalue weighted by atomic mass is 10.5. The lowest BCUT2D eigenvalue weighted by Crippen LogP contribution is -2.24. The molecule has 1 aromatic rings. The predicted molar refractivity (Wildman–Crippen MR) is 45.8 cm³/mol. The molecule has 1 rings (SSSR count). The van der Waals surface area contributed by atoms with E-state index in [9.17, 15) is 5.21 Å². The van der Waals surface area contributed by atoms with Gasteiger partial charge in [-0.1, -0.05) is 0 Å². The van der Waals surface area contributed by atoms with Gasteiger partial charge in [0.05, 0.1) is 8.04 Å². The highest BCUT2D eigenvalue weighted by Gasteiger charge is 1.95. The molecule has 0 aliphatic carbocycles. The van der Waals surface area contributed by atoms with Gasteiger partial charge in [-0.3, -0.25) is 0 Å². The summed E-state index contributed by atoms with van der Waals surface area (Å²) in [5, 5.41) is 10.6. The molecule has 0 saturated heterocycles. The Morgan fingerprint density at radius 2 is 2.22 bits per heavy atom. The fourth-order valence-electron chi connectivity index (χ4n) is 0.487. The molecule has 0 spiro atoms. The molecule has 1 heterocycles. The summed E-state index contributed by atoms with van der Waals surface area (Å²) < 4.78 is 2.51. The molecule has 0 unspecified atom stereocenters. The van der Waals surface area contributed by atoms with E-state index in [4.69, 9.17) is 0 Å². The van der Waals surface area contributed by atoms with Gasteiger partial charge < -0.3 is 5.21 Å². The average Bonchev–Trinajstić information content (AvgIpc) is 1.59. The highest BCUT2D eigenvalue weighted by Crippen LogP contribution is 2.09. The Hall–Kier alpha value is 0.160. The maximum Gasteiger partial charge on any atom is 0.194 e. The minimum absolute atomic E-state index is 0.770. The van der Waals surface area contributed by atoms with Crippen LogP contribution in [0.2, 0.25) is 0 Å². The molecule has 0 atom stereocenters. The van der Waals surface area contributed by atoms with Gasteiger partial charge in [0.2, 0.25) is 0 Å². The van der Waals surface area contributed by atoms with E-state index in [2.05, 4.69) is 38.5 Å². The summed E-state index contributed by atoms with van der Waals surface area (Å²) in [6.07, 6.45) is 2.97. The molecule has 0 radical (unpaired) electrons. The maximum atomic E-state index is 10.6. The summed E-state index contributed by atoms with van der Waals surface area (Å²) in [6.45, 7) is 0. The summed E-state index contributed by atoms with van der Waals surface area (Å²) in [6, 6.07) is 1.87. The van der Waals surface area contributed by atoms with Crippen molar-refractivity contribution in [2.24, 2.45) is 0 Å². The Kier molecular flexibility index (Phi) is 2.29. The first-order chi connectivity index (χ1) is 4.18. The Balaban J connectivity index is 3.17. The first-order valence-corrected chi connectivity index (χ1v) is 4.10. The molecule has 0 saturated carbocycles. The van der Waals surface area contributed by atoms with Crippen LogP contribution in [0, 0.1) is 8.78 Å². The van der Waals surface area contributed by atoms with Crippen molar-refractivity contribution in [1.29, 1.82) is 0 Å². The van der Waals surface area contributed by atoms with Crippen LogP contribution >= 0.6 is 38.5 Å². The second-order valence-corrected chi connectivity index (χ2v) is 3.69. The SMILES string of the molecule is [O-][n+]1cc(Br)cc(I)c1. The van der Waals surface area contributed by atoms with Crippen LogP contribution in [0.4, 0.5) is 0 Å². The number of pyridine rings is 1. The molecule has 0 bridgehead atoms. The third-order valence-electron chi connectivity index (χ3n) is 0.777. The minimum Gasteiger partial charge on any atom is -0.619 e. The number of halogens is 2. The van der Waals surface area contributed by atoms with Crippen molar-refractivity contribution in [3.05, 3.63) is 31.7 Å². The summed E-state index contributed by atoms with van der Waals surface area (Å²) in [5.74, 6) is 0. The zero-order chi connectivity index (χ0) is 6.85. The van der Waals surface area contributed by atoms with E-state index in [0.29, 0.717) is 0 Å². The molecule has 0 N–H and O–H groups in total. The van der Waals surface area contributed by atoms with Gasteiger partial charge in [0.1, 0.15) is 0 Å². The normalized spacial score (nSPS) is 9.56. The van der Waals surface area contributed by atoms with Crippen molar-refractivity contribution in [2.75, 3.05) is 0 Å². The van der Waals surface area contributed by atoms with Crippen molar-refractivity contribution in [2.45, 2.75) is 0 Å². The molecular formula is C5H3BrINO. The zero-order valence-corrected chi connectivity index (χ0v) is 8.09. The standard InChI is InChI=1S/C5H3BrINO/c6-4-1-5(7)3-8(9)2-4/h1-3H. The Labute approximate surface area is 74.7 Å². The van der Waals surface area contributed by atoms with Gasteiger partial charge in [-0.05, 0) is 44.6 Å². The smallest absolute Gasteiger partial charge is 0.194 e. The van der Waals surface area contributed by atoms with Crippen molar-refractivity contribution in [3.63, 3.8) is 0 Å². The number of hydrogen-bond donors (Lipinski definition) is 0. The lowest BCUT2D eigenvalue weighted by molar-refractivity contribution is -0.606. The topological polar surface area (TPSA) is 26.9 Å². The second kappa shape index (κ2) is 2.83. The van der Waals surface area contributed by atoms with Gasteiger partial charge in [0.25, 0.3) is 0 Å². The van der Waals surface area contributed by atoms with Crippen LogP contribution in [0.1, 0.15) is 0 Å². The maximum absolute atomic E-state index is 10.6. The molecule has 0 fully saturated rings. The van der Waals surface area contributed by atoms with E-state index >= 15 is 0 Å². The second-order valence-electron chi connectivity index (χ2n) is 1.53. The molecule has 4 heteroatoms. The molecule has 1 aromatic heterocycles. The molecule has 0 aliphatic heterocycles. The zero-order valence-electron chi connectivity index (χ0n) is 4.34. The van der Waals surface area contributed by atoms with E-state index in [1.54, 1.807) is 0 Å². The highest BCUT2D eigenvalue weighted by atomic mass is 127.